The van der Waals surface area contributed by atoms with E-state index in [4.69, 9.17) is 0 Å². The predicted octanol–water partition coefficient (Wildman–Crippen LogP) is 2.59. The maximum absolute atomic E-state index is 2.83. The van der Waals surface area contributed by atoms with E-state index in [1.54, 1.807) is 0 Å². The maximum atomic E-state index is 2.83. The molecule has 1 heterocycles. The third-order valence-electron chi connectivity index (χ3n) is 3.83. The van der Waals surface area contributed by atoms with Crippen LogP contribution >= 0.6 is 0 Å². The first-order valence-electron chi connectivity index (χ1n) is 6.90. The summed E-state index contributed by atoms with van der Waals surface area (Å²) < 4.78 is 0. The van der Waals surface area contributed by atoms with Gasteiger partial charge in [0.15, 0.2) is 0 Å². The van der Waals surface area contributed by atoms with Gasteiger partial charge in [0.2, 0.25) is 0 Å². The summed E-state index contributed by atoms with van der Waals surface area (Å²) in [6.07, 6.45) is 5.65. The SMILES string of the molecule is CN1CCC(N(CC(C)(C)C)C2CC2)CC1. The smallest absolute Gasteiger partial charge is 0.0123 e. The van der Waals surface area contributed by atoms with Crippen LogP contribution in [0.4, 0.5) is 0 Å². The van der Waals surface area contributed by atoms with Crippen LogP contribution in [0.15, 0.2) is 0 Å². The molecule has 2 heteroatoms. The molecule has 0 radical (unpaired) electrons. The van der Waals surface area contributed by atoms with E-state index >= 15 is 0 Å². The highest BCUT2D eigenvalue weighted by Gasteiger charge is 2.36. The minimum Gasteiger partial charge on any atom is -0.306 e. The fourth-order valence-corrected chi connectivity index (χ4v) is 2.84. The molecule has 0 aromatic carbocycles. The monoisotopic (exact) mass is 224 g/mol. The van der Waals surface area contributed by atoms with Gasteiger partial charge >= 0.3 is 0 Å². The van der Waals surface area contributed by atoms with Crippen molar-refractivity contribution in [1.29, 1.82) is 0 Å². The molecule has 2 fully saturated rings. The van der Waals surface area contributed by atoms with E-state index in [0.29, 0.717) is 5.41 Å². The minimum absolute atomic E-state index is 0.450. The summed E-state index contributed by atoms with van der Waals surface area (Å²) in [5.41, 5.74) is 0.450. The molecular weight excluding hydrogens is 196 g/mol. The lowest BCUT2D eigenvalue weighted by Crippen LogP contribution is -2.47. The number of nitrogens with zero attached hydrogens (tertiary/aromatic N) is 2. The average Bonchev–Trinajstić information content (AvgIpc) is 2.97. The van der Waals surface area contributed by atoms with Crippen LogP contribution in [-0.2, 0) is 0 Å². The van der Waals surface area contributed by atoms with Gasteiger partial charge in [-0.05, 0) is 51.2 Å². The molecular formula is C14H28N2. The molecule has 2 nitrogen and oxygen atoms in total. The summed E-state index contributed by atoms with van der Waals surface area (Å²) >= 11 is 0. The van der Waals surface area contributed by atoms with Gasteiger partial charge in [-0.15, -0.1) is 0 Å². The van der Waals surface area contributed by atoms with E-state index < -0.39 is 0 Å². The van der Waals surface area contributed by atoms with Gasteiger partial charge in [-0.25, -0.2) is 0 Å². The molecule has 1 aliphatic heterocycles. The lowest BCUT2D eigenvalue weighted by atomic mass is 9.93. The van der Waals surface area contributed by atoms with Crippen LogP contribution in [0.5, 0.6) is 0 Å². The van der Waals surface area contributed by atoms with Gasteiger partial charge in [0.1, 0.15) is 0 Å². The van der Waals surface area contributed by atoms with Crippen LogP contribution in [0.1, 0.15) is 46.5 Å². The standard InChI is InChI=1S/C14H28N2/c1-14(2,3)11-16(12-5-6-12)13-7-9-15(4)10-8-13/h12-13H,5-11H2,1-4H3. The molecule has 0 bridgehead atoms. The Morgan fingerprint density at radius 3 is 1.94 bits per heavy atom. The second kappa shape index (κ2) is 4.66. The molecule has 1 saturated heterocycles. The van der Waals surface area contributed by atoms with E-state index in [2.05, 4.69) is 37.6 Å². The highest BCUT2D eigenvalue weighted by molar-refractivity contribution is 4.92. The van der Waals surface area contributed by atoms with Crippen LogP contribution in [0.25, 0.3) is 0 Å². The van der Waals surface area contributed by atoms with Gasteiger partial charge in [-0.3, -0.25) is 4.90 Å². The minimum atomic E-state index is 0.450. The molecule has 0 aromatic heterocycles. The Hall–Kier alpha value is -0.0800. The Morgan fingerprint density at radius 2 is 1.50 bits per heavy atom. The highest BCUT2D eigenvalue weighted by atomic mass is 15.2. The zero-order chi connectivity index (χ0) is 11.8. The van der Waals surface area contributed by atoms with Crippen LogP contribution in [0, 0.1) is 5.41 Å². The topological polar surface area (TPSA) is 6.48 Å². The molecule has 16 heavy (non-hydrogen) atoms. The van der Waals surface area contributed by atoms with E-state index in [1.807, 2.05) is 0 Å². The van der Waals surface area contributed by atoms with E-state index in [9.17, 15) is 0 Å². The van der Waals surface area contributed by atoms with Crippen LogP contribution in [-0.4, -0.2) is 48.6 Å². The molecule has 0 aromatic rings. The van der Waals surface area contributed by atoms with Crippen LogP contribution in [0.2, 0.25) is 0 Å². The van der Waals surface area contributed by atoms with Crippen molar-refractivity contribution in [2.45, 2.75) is 58.5 Å². The highest BCUT2D eigenvalue weighted by Crippen LogP contribution is 2.34. The van der Waals surface area contributed by atoms with Crippen molar-refractivity contribution in [3.05, 3.63) is 0 Å². The number of hydrogen-bond acceptors (Lipinski definition) is 2. The van der Waals surface area contributed by atoms with Crippen molar-refractivity contribution in [2.24, 2.45) is 5.41 Å². The Kier molecular flexibility index (Phi) is 3.60. The quantitative estimate of drug-likeness (QED) is 0.727. The van der Waals surface area contributed by atoms with Gasteiger partial charge in [0, 0.05) is 18.6 Å². The van der Waals surface area contributed by atoms with Gasteiger partial charge in [0.25, 0.3) is 0 Å². The molecule has 0 N–H and O–H groups in total. The summed E-state index contributed by atoms with van der Waals surface area (Å²) in [6.45, 7) is 11.0. The normalized spacial score (nSPS) is 25.3. The number of likely N-dealkylation sites (tertiary alicyclic amines) is 1. The first-order chi connectivity index (χ1) is 7.46. The second-order valence-electron chi connectivity index (χ2n) is 7.00. The fourth-order valence-electron chi connectivity index (χ4n) is 2.84. The van der Waals surface area contributed by atoms with Gasteiger partial charge < -0.3 is 4.90 Å². The second-order valence-corrected chi connectivity index (χ2v) is 7.00. The first kappa shape index (κ1) is 12.4. The third-order valence-corrected chi connectivity index (χ3v) is 3.83. The molecule has 1 saturated carbocycles. The first-order valence-corrected chi connectivity index (χ1v) is 6.90. The summed E-state index contributed by atoms with van der Waals surface area (Å²) in [6, 6.07) is 1.79. The van der Waals surface area contributed by atoms with E-state index in [0.717, 1.165) is 12.1 Å². The maximum Gasteiger partial charge on any atom is 0.0123 e. The van der Waals surface area contributed by atoms with Crippen molar-refractivity contribution < 1.29 is 0 Å². The summed E-state index contributed by atoms with van der Waals surface area (Å²) in [5.74, 6) is 0. The van der Waals surface area contributed by atoms with Crippen LogP contribution in [0.3, 0.4) is 0 Å². The Labute approximate surface area is 101 Å². The Balaban J connectivity index is 1.91. The lowest BCUT2D eigenvalue weighted by molar-refractivity contribution is 0.0818. The third kappa shape index (κ3) is 3.46. The van der Waals surface area contributed by atoms with Gasteiger partial charge in [0.05, 0.1) is 0 Å². The average molecular weight is 224 g/mol. The number of rotatable bonds is 3. The summed E-state index contributed by atoms with van der Waals surface area (Å²) in [7, 11) is 2.25. The van der Waals surface area contributed by atoms with Crippen molar-refractivity contribution in [1.82, 2.24) is 9.80 Å². The van der Waals surface area contributed by atoms with Crippen molar-refractivity contribution in [3.8, 4) is 0 Å². The molecule has 2 rings (SSSR count). The molecule has 0 spiro atoms. The van der Waals surface area contributed by atoms with E-state index in [1.165, 1.54) is 45.3 Å². The Bertz CT molecular complexity index is 219. The molecule has 1 aliphatic carbocycles. The largest absolute Gasteiger partial charge is 0.306 e. The molecule has 0 unspecified atom stereocenters. The zero-order valence-electron chi connectivity index (χ0n) is 11.5. The van der Waals surface area contributed by atoms with Gasteiger partial charge in [-0.1, -0.05) is 20.8 Å². The number of piperidine rings is 1. The summed E-state index contributed by atoms with van der Waals surface area (Å²) in [5, 5.41) is 0. The molecule has 0 atom stereocenters. The van der Waals surface area contributed by atoms with Crippen molar-refractivity contribution in [2.75, 3.05) is 26.7 Å². The van der Waals surface area contributed by atoms with Crippen molar-refractivity contribution in [3.63, 3.8) is 0 Å². The van der Waals surface area contributed by atoms with Gasteiger partial charge in [-0.2, -0.15) is 0 Å². The lowest BCUT2D eigenvalue weighted by Gasteiger charge is -2.40. The summed E-state index contributed by atoms with van der Waals surface area (Å²) in [4.78, 5) is 5.30. The molecule has 94 valence electrons. The zero-order valence-corrected chi connectivity index (χ0v) is 11.5. The molecule has 2 aliphatic rings. The van der Waals surface area contributed by atoms with Crippen LogP contribution < -0.4 is 0 Å². The van der Waals surface area contributed by atoms with Crippen molar-refractivity contribution >= 4 is 0 Å². The fraction of sp³-hybridized carbons (Fsp3) is 1.00. The number of hydrogen-bond donors (Lipinski definition) is 0. The Morgan fingerprint density at radius 1 is 1.00 bits per heavy atom. The predicted molar refractivity (Wildman–Crippen MR) is 69.7 cm³/mol. The molecule has 0 amide bonds. The van der Waals surface area contributed by atoms with E-state index in [-0.39, 0.29) is 0 Å².